The number of ketones is 1. The largest absolute Gasteiger partial charge is 0.872 e. The van der Waals surface area contributed by atoms with Gasteiger partial charge in [0.1, 0.15) is 0 Å². The van der Waals surface area contributed by atoms with Gasteiger partial charge in [-0.25, -0.2) is 0 Å². The zero-order valence-electron chi connectivity index (χ0n) is 8.57. The predicted octanol–water partition coefficient (Wildman–Crippen LogP) is 2.08. The van der Waals surface area contributed by atoms with Gasteiger partial charge in [-0.2, -0.15) is 13.2 Å². The molecule has 0 saturated carbocycles. The first-order valence-corrected chi connectivity index (χ1v) is 4.62. The van der Waals surface area contributed by atoms with Crippen LogP contribution in [0.1, 0.15) is 5.56 Å². The fourth-order valence-electron chi connectivity index (χ4n) is 1.00. The molecule has 0 radical (unpaired) electrons. The van der Waals surface area contributed by atoms with Crippen LogP contribution >= 0.6 is 0 Å². The maximum atomic E-state index is 11.8. The molecule has 5 heteroatoms. The van der Waals surface area contributed by atoms with Crippen molar-refractivity contribution in [3.05, 3.63) is 53.8 Å². The lowest BCUT2D eigenvalue weighted by Gasteiger charge is -2.07. The van der Waals surface area contributed by atoms with Crippen LogP contribution in [0, 0.1) is 0 Å². The fraction of sp³-hybridized carbons (Fsp3) is 0.0833. The normalized spacial score (nSPS) is 13.0. The van der Waals surface area contributed by atoms with E-state index in [0.29, 0.717) is 5.56 Å². The van der Waals surface area contributed by atoms with E-state index in [4.69, 9.17) is 0 Å². The molecule has 0 aliphatic heterocycles. The Morgan fingerprint density at radius 3 is 2.29 bits per heavy atom. The second-order valence-electron chi connectivity index (χ2n) is 3.15. The molecule has 0 spiro atoms. The summed E-state index contributed by atoms with van der Waals surface area (Å²) in [6.45, 7) is 0. The van der Waals surface area contributed by atoms with Crippen molar-refractivity contribution in [2.45, 2.75) is 6.18 Å². The molecule has 2 nitrogen and oxygen atoms in total. The first-order chi connectivity index (χ1) is 7.89. The van der Waals surface area contributed by atoms with Crippen molar-refractivity contribution in [2.24, 2.45) is 0 Å². The SMILES string of the molecule is O=C(/C=C([O-])/C=C\c1ccccc1)C(F)(F)F. The van der Waals surface area contributed by atoms with E-state index < -0.39 is 17.7 Å². The van der Waals surface area contributed by atoms with Crippen molar-refractivity contribution in [2.75, 3.05) is 0 Å². The third-order valence-corrected chi connectivity index (χ3v) is 1.79. The lowest BCUT2D eigenvalue weighted by molar-refractivity contribution is -0.295. The molecule has 0 heterocycles. The Kier molecular flexibility index (Phi) is 4.09. The van der Waals surface area contributed by atoms with E-state index in [0.717, 1.165) is 6.08 Å². The Labute approximate surface area is 95.7 Å². The van der Waals surface area contributed by atoms with Crippen LogP contribution in [0.5, 0.6) is 0 Å². The minimum atomic E-state index is -5.00. The molecule has 1 aromatic carbocycles. The number of benzene rings is 1. The Morgan fingerprint density at radius 1 is 1.18 bits per heavy atom. The summed E-state index contributed by atoms with van der Waals surface area (Å²) in [6.07, 6.45) is -2.73. The quantitative estimate of drug-likeness (QED) is 0.461. The highest BCUT2D eigenvalue weighted by atomic mass is 19.4. The van der Waals surface area contributed by atoms with Gasteiger partial charge in [0.15, 0.2) is 0 Å². The summed E-state index contributed by atoms with van der Waals surface area (Å²) in [7, 11) is 0. The number of halogens is 3. The summed E-state index contributed by atoms with van der Waals surface area (Å²) in [4.78, 5) is 10.5. The molecule has 0 atom stereocenters. The van der Waals surface area contributed by atoms with Crippen LogP contribution in [0.25, 0.3) is 6.08 Å². The second kappa shape index (κ2) is 5.34. The molecule has 0 saturated heterocycles. The fourth-order valence-corrected chi connectivity index (χ4v) is 1.00. The summed E-state index contributed by atoms with van der Waals surface area (Å²) < 4.78 is 35.4. The zero-order chi connectivity index (χ0) is 12.9. The summed E-state index contributed by atoms with van der Waals surface area (Å²) >= 11 is 0. The molecule has 0 unspecified atom stereocenters. The Balaban J connectivity index is 2.73. The van der Waals surface area contributed by atoms with E-state index in [1.807, 2.05) is 0 Å². The summed E-state index contributed by atoms with van der Waals surface area (Å²) in [5, 5.41) is 11.0. The molecule has 0 bridgehead atoms. The monoisotopic (exact) mass is 241 g/mol. The molecule has 90 valence electrons. The third-order valence-electron chi connectivity index (χ3n) is 1.79. The van der Waals surface area contributed by atoms with Crippen molar-refractivity contribution < 1.29 is 23.1 Å². The molecule has 1 aromatic rings. The molecule has 0 fully saturated rings. The number of rotatable bonds is 3. The van der Waals surface area contributed by atoms with Crippen molar-refractivity contribution >= 4 is 11.9 Å². The van der Waals surface area contributed by atoms with Gasteiger partial charge in [-0.05, 0) is 11.6 Å². The molecular weight excluding hydrogens is 233 g/mol. The van der Waals surface area contributed by atoms with Gasteiger partial charge in [0.2, 0.25) is 0 Å². The lowest BCUT2D eigenvalue weighted by Crippen LogP contribution is -2.21. The van der Waals surface area contributed by atoms with Crippen LogP contribution < -0.4 is 5.11 Å². The minimum absolute atomic E-state index is 0.0272. The molecule has 17 heavy (non-hydrogen) atoms. The predicted molar refractivity (Wildman–Crippen MR) is 54.6 cm³/mol. The van der Waals surface area contributed by atoms with Crippen LogP contribution in [0.4, 0.5) is 13.2 Å². The van der Waals surface area contributed by atoms with E-state index in [9.17, 15) is 23.1 Å². The molecule has 0 aromatic heterocycles. The van der Waals surface area contributed by atoms with Crippen molar-refractivity contribution in [3.63, 3.8) is 0 Å². The van der Waals surface area contributed by atoms with Crippen LogP contribution in [-0.2, 0) is 4.79 Å². The topological polar surface area (TPSA) is 40.1 Å². The summed E-state index contributed by atoms with van der Waals surface area (Å²) in [5.41, 5.74) is 0.661. The van der Waals surface area contributed by atoms with Crippen LogP contribution in [0.2, 0.25) is 0 Å². The maximum absolute atomic E-state index is 11.8. The third kappa shape index (κ3) is 4.55. The molecule has 0 N–H and O–H groups in total. The van der Waals surface area contributed by atoms with Gasteiger partial charge >= 0.3 is 6.18 Å². The second-order valence-corrected chi connectivity index (χ2v) is 3.15. The summed E-state index contributed by atoms with van der Waals surface area (Å²) in [5.74, 6) is -3.14. The van der Waals surface area contributed by atoms with E-state index in [-0.39, 0.29) is 6.08 Å². The van der Waals surface area contributed by atoms with Crippen LogP contribution in [-0.4, -0.2) is 12.0 Å². The number of hydrogen-bond donors (Lipinski definition) is 0. The van der Waals surface area contributed by atoms with Gasteiger partial charge < -0.3 is 5.11 Å². The summed E-state index contributed by atoms with van der Waals surface area (Å²) in [6, 6.07) is 8.55. The number of allylic oxidation sites excluding steroid dienone is 2. The van der Waals surface area contributed by atoms with Crippen molar-refractivity contribution in [1.82, 2.24) is 0 Å². The Bertz CT molecular complexity index is 445. The Morgan fingerprint density at radius 2 is 1.76 bits per heavy atom. The number of carbonyl (C=O) groups is 1. The minimum Gasteiger partial charge on any atom is -0.872 e. The average Bonchev–Trinajstić information content (AvgIpc) is 2.26. The van der Waals surface area contributed by atoms with Gasteiger partial charge in [0.25, 0.3) is 5.78 Å². The highest BCUT2D eigenvalue weighted by Crippen LogP contribution is 2.17. The first kappa shape index (κ1) is 13.0. The van der Waals surface area contributed by atoms with Crippen molar-refractivity contribution in [3.8, 4) is 0 Å². The van der Waals surface area contributed by atoms with Gasteiger partial charge in [0.05, 0.1) is 0 Å². The van der Waals surface area contributed by atoms with E-state index in [2.05, 4.69) is 0 Å². The maximum Gasteiger partial charge on any atom is 0.454 e. The smallest absolute Gasteiger partial charge is 0.454 e. The average molecular weight is 241 g/mol. The molecule has 0 amide bonds. The first-order valence-electron chi connectivity index (χ1n) is 4.62. The van der Waals surface area contributed by atoms with Gasteiger partial charge in [-0.15, -0.1) is 5.76 Å². The highest BCUT2D eigenvalue weighted by Gasteiger charge is 2.35. The zero-order valence-corrected chi connectivity index (χ0v) is 8.57. The number of carbonyl (C=O) groups excluding carboxylic acids is 1. The van der Waals surface area contributed by atoms with Crippen LogP contribution in [0.15, 0.2) is 48.2 Å². The molecule has 0 aliphatic rings. The molecule has 1 rings (SSSR count). The van der Waals surface area contributed by atoms with Crippen LogP contribution in [0.3, 0.4) is 0 Å². The Hall–Kier alpha value is -2.04. The number of alkyl halides is 3. The standard InChI is InChI=1S/C12H9F3O2/c13-12(14,15)11(17)8-10(16)7-6-9-4-2-1-3-5-9/h1-8,16H/p-1/b7-6-,10-8-. The van der Waals surface area contributed by atoms with Crippen molar-refractivity contribution in [1.29, 1.82) is 0 Å². The van der Waals surface area contributed by atoms with Gasteiger partial charge in [-0.3, -0.25) is 4.79 Å². The molecule has 0 aliphatic carbocycles. The number of hydrogen-bond acceptors (Lipinski definition) is 2. The molecular formula is C12H8F3O2-. The van der Waals surface area contributed by atoms with E-state index >= 15 is 0 Å². The van der Waals surface area contributed by atoms with Gasteiger partial charge in [0, 0.05) is 0 Å². The lowest BCUT2D eigenvalue weighted by atomic mass is 10.2. The van der Waals surface area contributed by atoms with E-state index in [1.54, 1.807) is 30.3 Å². The van der Waals surface area contributed by atoms with Gasteiger partial charge in [-0.1, -0.05) is 42.5 Å². The highest BCUT2D eigenvalue weighted by molar-refractivity contribution is 5.95. The van der Waals surface area contributed by atoms with E-state index in [1.165, 1.54) is 6.08 Å².